The summed E-state index contributed by atoms with van der Waals surface area (Å²) in [6.07, 6.45) is -0.482. The van der Waals surface area contributed by atoms with Crippen LogP contribution >= 0.6 is 11.6 Å². The van der Waals surface area contributed by atoms with E-state index in [-0.39, 0.29) is 6.61 Å². The molecule has 0 aliphatic heterocycles. The second-order valence-electron chi connectivity index (χ2n) is 7.13. The maximum atomic E-state index is 10.7. The van der Waals surface area contributed by atoms with E-state index in [0.29, 0.717) is 40.1 Å². The number of aliphatic carboxylic acids is 1. The second-order valence-corrected chi connectivity index (χ2v) is 7.54. The fourth-order valence-electron chi connectivity index (χ4n) is 3.12. The first-order valence-corrected chi connectivity index (χ1v) is 10.7. The molecular weight excluding hydrogens is 444 g/mol. The lowest BCUT2D eigenvalue weighted by atomic mass is 10.1. The number of carboxylic acid groups (broad SMARTS) is 1. The number of pyridine rings is 1. The van der Waals surface area contributed by atoms with Gasteiger partial charge >= 0.3 is 5.97 Å². The van der Waals surface area contributed by atoms with Gasteiger partial charge in [0.25, 0.3) is 0 Å². The number of carboxylic acids is 1. The van der Waals surface area contributed by atoms with Gasteiger partial charge in [0.2, 0.25) is 0 Å². The van der Waals surface area contributed by atoms with E-state index in [1.54, 1.807) is 36.4 Å². The summed E-state index contributed by atoms with van der Waals surface area (Å²) in [6, 6.07) is 18.0. The summed E-state index contributed by atoms with van der Waals surface area (Å²) in [5, 5.41) is 18.3. The number of rotatable bonds is 10. The van der Waals surface area contributed by atoms with Crippen molar-refractivity contribution < 1.29 is 24.1 Å². The molecule has 0 saturated carbocycles. The Hall–Kier alpha value is -3.60. The third-order valence-electron chi connectivity index (χ3n) is 4.74. The highest BCUT2D eigenvalue weighted by Gasteiger charge is 2.18. The Morgan fingerprint density at radius 3 is 2.70 bits per heavy atom. The number of aryl methyl sites for hydroxylation is 1. The van der Waals surface area contributed by atoms with Gasteiger partial charge in [0.05, 0.1) is 28.6 Å². The molecule has 0 radical (unpaired) electrons. The van der Waals surface area contributed by atoms with Crippen molar-refractivity contribution >= 4 is 17.6 Å². The van der Waals surface area contributed by atoms with Crippen LogP contribution in [-0.2, 0) is 9.53 Å². The number of carbonyl (C=O) groups is 1. The monoisotopic (exact) mass is 466 g/mol. The Labute approximate surface area is 197 Å². The Morgan fingerprint density at radius 1 is 1.21 bits per heavy atom. The molecule has 1 aromatic heterocycles. The van der Waals surface area contributed by atoms with E-state index < -0.39 is 18.7 Å². The van der Waals surface area contributed by atoms with Crippen LogP contribution in [0.2, 0.25) is 5.02 Å². The predicted molar refractivity (Wildman–Crippen MR) is 124 cm³/mol. The van der Waals surface area contributed by atoms with Gasteiger partial charge in [-0.1, -0.05) is 23.7 Å². The number of ether oxygens (including phenoxy) is 3. The number of benzene rings is 2. The molecule has 170 valence electrons. The van der Waals surface area contributed by atoms with Crippen molar-refractivity contribution in [2.24, 2.45) is 0 Å². The van der Waals surface area contributed by atoms with E-state index in [9.17, 15) is 4.79 Å². The molecule has 2 aromatic carbocycles. The molecule has 8 heteroatoms. The molecule has 7 nitrogen and oxygen atoms in total. The molecule has 0 aliphatic rings. The number of aromatic nitrogens is 1. The molecule has 1 N–H and O–H groups in total. The van der Waals surface area contributed by atoms with Crippen molar-refractivity contribution in [3.8, 4) is 28.8 Å². The van der Waals surface area contributed by atoms with Crippen LogP contribution in [0.1, 0.15) is 29.8 Å². The maximum Gasteiger partial charge on any atom is 0.341 e. The highest BCUT2D eigenvalue weighted by molar-refractivity contribution is 6.32. The minimum Gasteiger partial charge on any atom is -0.482 e. The zero-order valence-corrected chi connectivity index (χ0v) is 19.0. The number of nitrogens with zero attached hydrogens (tertiary/aromatic N) is 2. The summed E-state index contributed by atoms with van der Waals surface area (Å²) in [4.78, 5) is 15.5. The highest BCUT2D eigenvalue weighted by atomic mass is 35.5. The molecule has 0 bridgehead atoms. The SMILES string of the molecule is CCOCC(Oc1ccc(OCC(=O)O)c(C)c1)c1cccc(-c2ccc(C#N)c(Cl)c2)n1. The van der Waals surface area contributed by atoms with Gasteiger partial charge in [-0.15, -0.1) is 0 Å². The third-order valence-corrected chi connectivity index (χ3v) is 5.05. The maximum absolute atomic E-state index is 10.7. The normalized spacial score (nSPS) is 11.5. The van der Waals surface area contributed by atoms with E-state index in [2.05, 4.69) is 0 Å². The number of nitriles is 1. The Morgan fingerprint density at radius 2 is 2.03 bits per heavy atom. The van der Waals surface area contributed by atoms with Gasteiger partial charge in [0, 0.05) is 12.2 Å². The Balaban J connectivity index is 1.85. The summed E-state index contributed by atoms with van der Waals surface area (Å²) in [5.41, 5.74) is 3.30. The molecule has 33 heavy (non-hydrogen) atoms. The van der Waals surface area contributed by atoms with Crippen molar-refractivity contribution in [2.45, 2.75) is 20.0 Å². The van der Waals surface area contributed by atoms with E-state index in [0.717, 1.165) is 11.1 Å². The van der Waals surface area contributed by atoms with Crippen molar-refractivity contribution in [3.05, 3.63) is 76.4 Å². The third kappa shape index (κ3) is 6.45. The number of hydrogen-bond acceptors (Lipinski definition) is 6. The quantitative estimate of drug-likeness (QED) is 0.438. The lowest BCUT2D eigenvalue weighted by Crippen LogP contribution is -2.16. The fraction of sp³-hybridized carbons (Fsp3) is 0.240. The molecule has 0 spiro atoms. The summed E-state index contributed by atoms with van der Waals surface area (Å²) in [6.45, 7) is 4.11. The molecule has 0 aliphatic carbocycles. The summed E-state index contributed by atoms with van der Waals surface area (Å²) in [7, 11) is 0. The van der Waals surface area contributed by atoms with E-state index in [4.69, 9.17) is 41.2 Å². The smallest absolute Gasteiger partial charge is 0.341 e. The first-order chi connectivity index (χ1) is 15.9. The van der Waals surface area contributed by atoms with Crippen molar-refractivity contribution in [3.63, 3.8) is 0 Å². The molecule has 0 saturated heterocycles. The summed E-state index contributed by atoms with van der Waals surface area (Å²) < 4.78 is 17.1. The first kappa shape index (κ1) is 24.1. The second kappa shape index (κ2) is 11.3. The number of halogens is 1. The minimum absolute atomic E-state index is 0.289. The molecule has 3 aromatic rings. The van der Waals surface area contributed by atoms with Gasteiger partial charge in [-0.05, 0) is 61.9 Å². The van der Waals surface area contributed by atoms with E-state index >= 15 is 0 Å². The molecule has 1 unspecified atom stereocenters. The summed E-state index contributed by atoms with van der Waals surface area (Å²) >= 11 is 6.19. The van der Waals surface area contributed by atoms with E-state index in [1.165, 1.54) is 0 Å². The van der Waals surface area contributed by atoms with Crippen LogP contribution < -0.4 is 9.47 Å². The molecule has 1 atom stereocenters. The van der Waals surface area contributed by atoms with Gasteiger partial charge in [-0.3, -0.25) is 0 Å². The van der Waals surface area contributed by atoms with Crippen LogP contribution in [-0.4, -0.2) is 35.9 Å². The van der Waals surface area contributed by atoms with Crippen LogP contribution in [0.15, 0.2) is 54.6 Å². The van der Waals surface area contributed by atoms with Crippen molar-refractivity contribution in [2.75, 3.05) is 19.8 Å². The minimum atomic E-state index is -1.04. The summed E-state index contributed by atoms with van der Waals surface area (Å²) in [5.74, 6) is 0.0124. The van der Waals surface area contributed by atoms with Crippen LogP contribution in [0.3, 0.4) is 0 Å². The van der Waals surface area contributed by atoms with Crippen molar-refractivity contribution in [1.29, 1.82) is 5.26 Å². The van der Waals surface area contributed by atoms with Crippen molar-refractivity contribution in [1.82, 2.24) is 4.98 Å². The van der Waals surface area contributed by atoms with Crippen LogP contribution in [0.4, 0.5) is 0 Å². The highest BCUT2D eigenvalue weighted by Crippen LogP contribution is 2.29. The van der Waals surface area contributed by atoms with Gasteiger partial charge in [0.15, 0.2) is 12.7 Å². The predicted octanol–water partition coefficient (Wildman–Crippen LogP) is 5.20. The standard InChI is InChI=1S/C25H23ClN2O5/c1-3-31-14-24(33-19-9-10-23(16(2)11-19)32-15-25(29)30)22-6-4-5-21(28-22)17-7-8-18(13-27)20(26)12-17/h4-12,24H,3,14-15H2,1-2H3,(H,29,30). The molecule has 0 fully saturated rings. The van der Waals surface area contributed by atoms with Crippen LogP contribution in [0, 0.1) is 18.3 Å². The largest absolute Gasteiger partial charge is 0.482 e. The Kier molecular flexibility index (Phi) is 8.25. The lowest BCUT2D eigenvalue weighted by molar-refractivity contribution is -0.139. The zero-order chi connectivity index (χ0) is 23.8. The molecule has 3 rings (SSSR count). The average molecular weight is 467 g/mol. The van der Waals surface area contributed by atoms with Gasteiger partial charge < -0.3 is 19.3 Å². The zero-order valence-electron chi connectivity index (χ0n) is 18.2. The molecular formula is C25H23ClN2O5. The van der Waals surface area contributed by atoms with Gasteiger partial charge in [-0.25, -0.2) is 9.78 Å². The number of hydrogen-bond donors (Lipinski definition) is 1. The topological polar surface area (TPSA) is 102 Å². The molecule has 1 heterocycles. The van der Waals surface area contributed by atoms with Crippen LogP contribution in [0.5, 0.6) is 11.5 Å². The van der Waals surface area contributed by atoms with Crippen LogP contribution in [0.25, 0.3) is 11.3 Å². The Bertz CT molecular complexity index is 1180. The fourth-order valence-corrected chi connectivity index (χ4v) is 3.35. The van der Waals surface area contributed by atoms with E-state index in [1.807, 2.05) is 38.1 Å². The lowest BCUT2D eigenvalue weighted by Gasteiger charge is -2.20. The van der Waals surface area contributed by atoms with Gasteiger partial charge in [-0.2, -0.15) is 5.26 Å². The first-order valence-electron chi connectivity index (χ1n) is 10.3. The average Bonchev–Trinajstić information content (AvgIpc) is 2.81. The molecule has 0 amide bonds. The van der Waals surface area contributed by atoms with Gasteiger partial charge in [0.1, 0.15) is 17.6 Å².